The number of nitrogens with zero attached hydrogens (tertiary/aromatic N) is 1. The second-order valence-electron chi connectivity index (χ2n) is 5.80. The maximum absolute atomic E-state index is 13.6. The van der Waals surface area contributed by atoms with Crippen molar-refractivity contribution in [3.8, 4) is 0 Å². The Hall–Kier alpha value is -2.20. The Balaban J connectivity index is 2.00. The number of carbonyl (C=O) groups is 1. The Labute approximate surface area is 122 Å². The number of allylic oxidation sites excluding steroid dienone is 1. The Morgan fingerprint density at radius 3 is 2.43 bits per heavy atom. The van der Waals surface area contributed by atoms with Gasteiger partial charge in [0.05, 0.1) is 11.3 Å². The summed E-state index contributed by atoms with van der Waals surface area (Å²) in [6.07, 6.45) is 1.91. The molecule has 0 aliphatic carbocycles. The van der Waals surface area contributed by atoms with Crippen molar-refractivity contribution in [3.05, 3.63) is 59.2 Å². The van der Waals surface area contributed by atoms with E-state index in [1.165, 1.54) is 16.7 Å². The van der Waals surface area contributed by atoms with Crippen LogP contribution in [0.2, 0.25) is 0 Å². The molecule has 0 saturated carbocycles. The number of hydrogen-bond donors (Lipinski definition) is 1. The predicted molar refractivity (Wildman–Crippen MR) is 79.2 cm³/mol. The van der Waals surface area contributed by atoms with Crippen LogP contribution < -0.4 is 0 Å². The molecule has 0 bridgehead atoms. The van der Waals surface area contributed by atoms with E-state index in [1.54, 1.807) is 20.0 Å². The Bertz CT molecular complexity index is 733. The summed E-state index contributed by atoms with van der Waals surface area (Å²) >= 11 is 0. The fourth-order valence-corrected chi connectivity index (χ4v) is 2.52. The Morgan fingerprint density at radius 2 is 1.81 bits per heavy atom. The maximum Gasteiger partial charge on any atom is 0.198 e. The van der Waals surface area contributed by atoms with E-state index in [1.807, 2.05) is 24.3 Å². The topological polar surface area (TPSA) is 42.2 Å². The first-order chi connectivity index (χ1) is 9.86. The lowest BCUT2D eigenvalue weighted by molar-refractivity contribution is 0.0786. The van der Waals surface area contributed by atoms with E-state index in [4.69, 9.17) is 0 Å². The van der Waals surface area contributed by atoms with Gasteiger partial charge in [-0.3, -0.25) is 9.36 Å². The third-order valence-corrected chi connectivity index (χ3v) is 3.75. The molecule has 3 nitrogen and oxygen atoms in total. The molecule has 1 aliphatic rings. The molecule has 0 radical (unpaired) electrons. The van der Waals surface area contributed by atoms with Crippen LogP contribution in [-0.4, -0.2) is 15.5 Å². The van der Waals surface area contributed by atoms with Crippen molar-refractivity contribution in [1.29, 1.82) is 0 Å². The fraction of sp³-hybridized carbons (Fsp3) is 0.235. The Morgan fingerprint density at radius 1 is 1.14 bits per heavy atom. The van der Waals surface area contributed by atoms with Gasteiger partial charge < -0.3 is 5.11 Å². The number of aromatic nitrogens is 1. The summed E-state index contributed by atoms with van der Waals surface area (Å²) in [5.74, 6) is -0.536. The smallest absolute Gasteiger partial charge is 0.198 e. The number of aliphatic hydroxyl groups is 1. The third kappa shape index (κ3) is 2.43. The number of hydrogen-bond acceptors (Lipinski definition) is 2. The number of carbonyl (C=O) groups excluding carboxylic acids is 1. The first-order valence-corrected chi connectivity index (χ1v) is 6.80. The van der Waals surface area contributed by atoms with Crippen LogP contribution in [0.15, 0.2) is 36.4 Å². The van der Waals surface area contributed by atoms with Crippen molar-refractivity contribution in [1.82, 2.24) is 4.57 Å². The van der Waals surface area contributed by atoms with Crippen molar-refractivity contribution in [2.24, 2.45) is 0 Å². The highest BCUT2D eigenvalue weighted by atomic mass is 19.1. The summed E-state index contributed by atoms with van der Waals surface area (Å²) in [5, 5.41) is 9.95. The zero-order valence-corrected chi connectivity index (χ0v) is 11.9. The van der Waals surface area contributed by atoms with E-state index in [2.05, 4.69) is 0 Å². The van der Waals surface area contributed by atoms with Gasteiger partial charge in [0, 0.05) is 12.6 Å². The van der Waals surface area contributed by atoms with Crippen LogP contribution in [0.25, 0.3) is 11.8 Å². The van der Waals surface area contributed by atoms with Gasteiger partial charge in [0.2, 0.25) is 0 Å². The normalized spacial score (nSPS) is 14.9. The van der Waals surface area contributed by atoms with Crippen LogP contribution in [0, 0.1) is 5.95 Å². The first-order valence-electron chi connectivity index (χ1n) is 6.80. The molecule has 1 N–H and O–H groups in total. The second-order valence-corrected chi connectivity index (χ2v) is 5.80. The molecule has 0 amide bonds. The molecule has 1 aromatic heterocycles. The summed E-state index contributed by atoms with van der Waals surface area (Å²) < 4.78 is 14.9. The van der Waals surface area contributed by atoms with Crippen molar-refractivity contribution in [3.63, 3.8) is 0 Å². The monoisotopic (exact) mass is 285 g/mol. The first kappa shape index (κ1) is 13.8. The molecule has 1 aromatic carbocycles. The highest BCUT2D eigenvalue weighted by Gasteiger charge is 2.22. The van der Waals surface area contributed by atoms with E-state index >= 15 is 0 Å². The van der Waals surface area contributed by atoms with Crippen LogP contribution in [0.1, 0.15) is 41.9 Å². The number of ketones is 1. The minimum Gasteiger partial charge on any atom is -0.386 e. The van der Waals surface area contributed by atoms with E-state index in [9.17, 15) is 14.3 Å². The van der Waals surface area contributed by atoms with Crippen LogP contribution in [0.4, 0.5) is 4.39 Å². The highest BCUT2D eigenvalue weighted by Crippen LogP contribution is 2.29. The molecule has 0 atom stereocenters. The molecule has 0 spiro atoms. The maximum atomic E-state index is 13.6. The highest BCUT2D eigenvalue weighted by molar-refractivity contribution is 6.06. The molecular weight excluding hydrogens is 269 g/mol. The molecule has 108 valence electrons. The molecular formula is C17H16FNO2. The number of halogens is 1. The summed E-state index contributed by atoms with van der Waals surface area (Å²) in [7, 11) is 0. The van der Waals surface area contributed by atoms with E-state index in [0.29, 0.717) is 5.69 Å². The van der Waals surface area contributed by atoms with E-state index < -0.39 is 11.5 Å². The van der Waals surface area contributed by atoms with Gasteiger partial charge in [-0.05, 0) is 42.7 Å². The van der Waals surface area contributed by atoms with Crippen LogP contribution in [0.5, 0.6) is 0 Å². The minimum atomic E-state index is -0.908. The molecule has 3 rings (SSSR count). The van der Waals surface area contributed by atoms with Crippen LogP contribution in [-0.2, 0) is 5.60 Å². The van der Waals surface area contributed by atoms with Crippen LogP contribution in [0.3, 0.4) is 0 Å². The summed E-state index contributed by atoms with van der Waals surface area (Å²) in [6, 6.07) is 10.1. The second kappa shape index (κ2) is 4.67. The van der Waals surface area contributed by atoms with E-state index in [-0.39, 0.29) is 12.2 Å². The van der Waals surface area contributed by atoms with Gasteiger partial charge in [-0.15, -0.1) is 0 Å². The molecule has 0 unspecified atom stereocenters. The fourth-order valence-electron chi connectivity index (χ4n) is 2.52. The number of rotatable bonds is 2. The Kier molecular flexibility index (Phi) is 3.06. The van der Waals surface area contributed by atoms with Crippen molar-refractivity contribution in [2.45, 2.75) is 25.9 Å². The third-order valence-electron chi connectivity index (χ3n) is 3.75. The molecule has 21 heavy (non-hydrogen) atoms. The molecule has 0 saturated heterocycles. The average Bonchev–Trinajstić information content (AvgIpc) is 2.80. The largest absolute Gasteiger partial charge is 0.386 e. The van der Waals surface area contributed by atoms with Gasteiger partial charge in [0.15, 0.2) is 11.7 Å². The molecule has 4 heteroatoms. The lowest BCUT2D eigenvalue weighted by atomic mass is 9.93. The molecule has 1 aliphatic heterocycles. The van der Waals surface area contributed by atoms with Crippen molar-refractivity contribution in [2.75, 3.05) is 0 Å². The van der Waals surface area contributed by atoms with Crippen LogP contribution >= 0.6 is 0 Å². The zero-order chi connectivity index (χ0) is 15.2. The summed E-state index contributed by atoms with van der Waals surface area (Å²) in [6.45, 7) is 3.43. The van der Waals surface area contributed by atoms with Gasteiger partial charge in [-0.1, -0.05) is 24.3 Å². The number of Topliss-reactive ketones (excluding diaryl/α,β-unsaturated/α-hetero) is 1. The molecule has 2 heterocycles. The SMILES string of the molecule is CC(C)(O)c1ccc(C2=Cn3c(F)ccc3C(=O)C2)cc1. The summed E-state index contributed by atoms with van der Waals surface area (Å²) in [4.78, 5) is 12.0. The zero-order valence-electron chi connectivity index (χ0n) is 11.9. The van der Waals surface area contributed by atoms with E-state index in [0.717, 1.165) is 16.7 Å². The number of fused-ring (bicyclic) bond motifs is 1. The van der Waals surface area contributed by atoms with Crippen molar-refractivity contribution >= 4 is 17.6 Å². The van der Waals surface area contributed by atoms with Crippen molar-refractivity contribution < 1.29 is 14.3 Å². The van der Waals surface area contributed by atoms with Gasteiger partial charge in [0.1, 0.15) is 0 Å². The number of benzene rings is 1. The van der Waals surface area contributed by atoms with Gasteiger partial charge in [-0.25, -0.2) is 0 Å². The summed E-state index contributed by atoms with van der Waals surface area (Å²) in [5.41, 5.74) is 1.89. The quantitative estimate of drug-likeness (QED) is 0.918. The molecule has 0 fully saturated rings. The lowest BCUT2D eigenvalue weighted by Gasteiger charge is -2.19. The van der Waals surface area contributed by atoms with Gasteiger partial charge >= 0.3 is 0 Å². The standard InChI is InChI=1S/C17H16FNO2/c1-17(2,21)13-5-3-11(4-6-13)12-9-15(20)14-7-8-16(18)19(14)10-12/h3-8,10,21H,9H2,1-2H3. The minimum absolute atomic E-state index is 0.0945. The lowest BCUT2D eigenvalue weighted by Crippen LogP contribution is -2.15. The molecule has 2 aromatic rings. The van der Waals surface area contributed by atoms with Gasteiger partial charge in [-0.2, -0.15) is 4.39 Å². The predicted octanol–water partition coefficient (Wildman–Crippen LogP) is 3.44. The average molecular weight is 285 g/mol. The van der Waals surface area contributed by atoms with Gasteiger partial charge in [0.25, 0.3) is 0 Å².